The van der Waals surface area contributed by atoms with Crippen molar-refractivity contribution in [2.24, 2.45) is 0 Å². The smallest absolute Gasteiger partial charge is 0.255 e. The highest BCUT2D eigenvalue weighted by Gasteiger charge is 2.30. The Morgan fingerprint density at radius 1 is 1.03 bits per heavy atom. The molecule has 0 radical (unpaired) electrons. The summed E-state index contributed by atoms with van der Waals surface area (Å²) in [6.45, 7) is 3.24. The number of likely N-dealkylation sites (tertiary alicyclic amines) is 1. The average molecular weight is 531 g/mol. The number of benzene rings is 2. The van der Waals surface area contributed by atoms with Gasteiger partial charge in [0, 0.05) is 41.8 Å². The van der Waals surface area contributed by atoms with E-state index in [0.29, 0.717) is 43.7 Å². The third-order valence-electron chi connectivity index (χ3n) is 7.06. The molecule has 38 heavy (non-hydrogen) atoms. The number of hydroxylamine groups is 3. The van der Waals surface area contributed by atoms with Gasteiger partial charge in [0.1, 0.15) is 17.5 Å². The number of hydrogen-bond acceptors (Lipinski definition) is 4. The lowest BCUT2D eigenvalue weighted by molar-refractivity contribution is -0.899. The van der Waals surface area contributed by atoms with Crippen molar-refractivity contribution in [1.82, 2.24) is 9.97 Å². The van der Waals surface area contributed by atoms with Gasteiger partial charge in [-0.2, -0.15) is 0 Å². The molecule has 1 aliphatic rings. The number of nitrogens with zero attached hydrogens (tertiary/aromatic N) is 3. The average Bonchev–Trinajstić information content (AvgIpc) is 2.91. The second kappa shape index (κ2) is 11.0. The van der Waals surface area contributed by atoms with Gasteiger partial charge in [-0.15, -0.1) is 0 Å². The molecule has 3 heterocycles. The minimum absolute atomic E-state index is 0.0762. The van der Waals surface area contributed by atoms with E-state index >= 15 is 0 Å². The number of anilines is 1. The Bertz CT molecular complexity index is 1440. The maximum absolute atomic E-state index is 13.6. The lowest BCUT2D eigenvalue weighted by Gasteiger charge is -2.47. The first-order chi connectivity index (χ1) is 18.3. The third kappa shape index (κ3) is 6.07. The summed E-state index contributed by atoms with van der Waals surface area (Å²) in [6, 6.07) is 21.2. The van der Waals surface area contributed by atoms with Gasteiger partial charge in [-0.3, -0.25) is 9.78 Å². The zero-order chi connectivity index (χ0) is 26.7. The number of nitrogens with one attached hydrogen (secondary N) is 1. The first kappa shape index (κ1) is 26.0. The lowest BCUT2D eigenvalue weighted by Crippen LogP contribution is -2.47. The first-order valence-electron chi connectivity index (χ1n) is 12.6. The van der Waals surface area contributed by atoms with Crippen molar-refractivity contribution in [2.45, 2.75) is 32.2 Å². The van der Waals surface area contributed by atoms with Crippen molar-refractivity contribution >= 4 is 23.2 Å². The van der Waals surface area contributed by atoms with E-state index in [2.05, 4.69) is 10.3 Å². The van der Waals surface area contributed by atoms with Crippen LogP contribution >= 0.6 is 11.6 Å². The first-order valence-corrected chi connectivity index (χ1v) is 13.0. The predicted molar refractivity (Wildman–Crippen MR) is 147 cm³/mol. The molecule has 8 heteroatoms. The van der Waals surface area contributed by atoms with Gasteiger partial charge < -0.3 is 15.2 Å². The lowest BCUT2D eigenvalue weighted by atomic mass is 9.91. The summed E-state index contributed by atoms with van der Waals surface area (Å²) < 4.78 is 12.9. The van der Waals surface area contributed by atoms with Gasteiger partial charge in [0.2, 0.25) is 0 Å². The van der Waals surface area contributed by atoms with Crippen LogP contribution in [0.2, 0.25) is 5.15 Å². The number of piperidine rings is 1. The fraction of sp³-hybridized carbons (Fsp3) is 0.233. The Morgan fingerprint density at radius 2 is 1.68 bits per heavy atom. The number of aryl methyl sites for hydroxylation is 1. The molecule has 0 aliphatic carbocycles. The Morgan fingerprint density at radius 3 is 2.34 bits per heavy atom. The molecule has 194 valence electrons. The standard InChI is InChI=1S/C30H28ClFN4O2/c1-20-2-11-27(35-30(37)25-12-15-33-28(31)18-25)29(34-20)24-13-16-36(38,17-14-24)19-21-3-5-22(6-4-21)23-7-9-26(32)10-8-23/h2-12,15,18,24H,13-14,16-17,19H2,1H3,(H,35,37). The van der Waals surface area contributed by atoms with Crippen molar-refractivity contribution in [1.29, 1.82) is 0 Å². The largest absolute Gasteiger partial charge is 0.633 e. The van der Waals surface area contributed by atoms with Crippen LogP contribution in [0.5, 0.6) is 0 Å². The van der Waals surface area contributed by atoms with Gasteiger partial charge in [-0.25, -0.2) is 9.37 Å². The normalized spacial score (nSPS) is 19.2. The summed E-state index contributed by atoms with van der Waals surface area (Å²) in [7, 11) is 0. The van der Waals surface area contributed by atoms with Crippen LogP contribution in [-0.4, -0.2) is 33.6 Å². The van der Waals surface area contributed by atoms with E-state index in [0.717, 1.165) is 28.1 Å². The van der Waals surface area contributed by atoms with Crippen LogP contribution in [0.15, 0.2) is 79.0 Å². The molecule has 4 aromatic rings. The Labute approximate surface area is 226 Å². The number of carbonyl (C=O) groups excluding carboxylic acids is 1. The maximum Gasteiger partial charge on any atom is 0.255 e. The van der Waals surface area contributed by atoms with E-state index in [4.69, 9.17) is 16.6 Å². The van der Waals surface area contributed by atoms with Crippen LogP contribution in [0.3, 0.4) is 0 Å². The van der Waals surface area contributed by atoms with Gasteiger partial charge in [-0.1, -0.05) is 48.0 Å². The molecule has 6 nitrogen and oxygen atoms in total. The number of carbonyl (C=O) groups is 1. The van der Waals surface area contributed by atoms with E-state index in [9.17, 15) is 14.4 Å². The molecule has 1 fully saturated rings. The Balaban J connectivity index is 1.25. The molecule has 2 aromatic heterocycles. The highest BCUT2D eigenvalue weighted by atomic mass is 35.5. The zero-order valence-corrected chi connectivity index (χ0v) is 21.8. The van der Waals surface area contributed by atoms with E-state index in [1.54, 1.807) is 18.2 Å². The summed E-state index contributed by atoms with van der Waals surface area (Å²) >= 11 is 5.94. The SMILES string of the molecule is Cc1ccc(NC(=O)c2ccnc(Cl)c2)c(C2CC[N+]([O-])(Cc3ccc(-c4ccc(F)cc4)cc3)CC2)n1. The number of quaternary nitrogens is 1. The fourth-order valence-corrected chi connectivity index (χ4v) is 5.15. The van der Waals surface area contributed by atoms with Gasteiger partial charge in [-0.05, 0) is 54.4 Å². The highest BCUT2D eigenvalue weighted by molar-refractivity contribution is 6.29. The topological polar surface area (TPSA) is 77.9 Å². The van der Waals surface area contributed by atoms with Crippen LogP contribution in [0.1, 0.15) is 46.1 Å². The number of aromatic nitrogens is 2. The van der Waals surface area contributed by atoms with Crippen LogP contribution < -0.4 is 5.32 Å². The summed E-state index contributed by atoms with van der Waals surface area (Å²) in [6.07, 6.45) is 2.85. The molecular formula is C30H28ClFN4O2. The minimum atomic E-state index is -0.296. The van der Waals surface area contributed by atoms with Crippen LogP contribution in [0, 0.1) is 17.9 Å². The molecule has 5 rings (SSSR count). The van der Waals surface area contributed by atoms with Crippen molar-refractivity contribution in [3.63, 3.8) is 0 Å². The molecule has 1 N–H and O–H groups in total. The number of halogens is 2. The monoisotopic (exact) mass is 530 g/mol. The summed E-state index contributed by atoms with van der Waals surface area (Å²) in [5.74, 6) is -0.470. The van der Waals surface area contributed by atoms with Gasteiger partial charge in [0.15, 0.2) is 0 Å². The molecule has 0 saturated carbocycles. The van der Waals surface area contributed by atoms with Gasteiger partial charge in [0.05, 0.1) is 24.5 Å². The van der Waals surface area contributed by atoms with Crippen LogP contribution in [0.4, 0.5) is 10.1 Å². The van der Waals surface area contributed by atoms with Crippen LogP contribution in [-0.2, 0) is 6.54 Å². The van der Waals surface area contributed by atoms with E-state index in [1.807, 2.05) is 43.3 Å². The summed E-state index contributed by atoms with van der Waals surface area (Å²) in [5.41, 5.74) is 5.64. The minimum Gasteiger partial charge on any atom is -0.633 e. The molecule has 0 spiro atoms. The third-order valence-corrected chi connectivity index (χ3v) is 7.27. The van der Waals surface area contributed by atoms with Crippen molar-refractivity contribution in [3.05, 3.63) is 118 Å². The second-order valence-electron chi connectivity index (χ2n) is 9.85. The molecule has 1 aliphatic heterocycles. The number of pyridine rings is 2. The molecule has 0 atom stereocenters. The second-order valence-corrected chi connectivity index (χ2v) is 10.2. The zero-order valence-electron chi connectivity index (χ0n) is 21.0. The number of hydrogen-bond donors (Lipinski definition) is 1. The molecular weight excluding hydrogens is 503 g/mol. The van der Waals surface area contributed by atoms with Gasteiger partial charge in [0.25, 0.3) is 5.91 Å². The number of amides is 1. The number of rotatable bonds is 6. The van der Waals surface area contributed by atoms with E-state index in [1.165, 1.54) is 24.4 Å². The van der Waals surface area contributed by atoms with Gasteiger partial charge >= 0.3 is 0 Å². The molecule has 1 saturated heterocycles. The van der Waals surface area contributed by atoms with Crippen molar-refractivity contribution in [2.75, 3.05) is 18.4 Å². The summed E-state index contributed by atoms with van der Waals surface area (Å²) in [5, 5.41) is 16.8. The predicted octanol–water partition coefficient (Wildman–Crippen LogP) is 6.89. The maximum atomic E-state index is 13.6. The quantitative estimate of drug-likeness (QED) is 0.167. The van der Waals surface area contributed by atoms with Crippen molar-refractivity contribution in [3.8, 4) is 11.1 Å². The van der Waals surface area contributed by atoms with Crippen molar-refractivity contribution < 1.29 is 13.8 Å². The Hall–Kier alpha value is -3.65. The molecule has 1 amide bonds. The van der Waals surface area contributed by atoms with E-state index < -0.39 is 0 Å². The Kier molecular flexibility index (Phi) is 7.51. The molecule has 0 bridgehead atoms. The van der Waals surface area contributed by atoms with E-state index in [-0.39, 0.29) is 27.4 Å². The molecule has 2 aromatic carbocycles. The molecule has 0 unspecified atom stereocenters. The summed E-state index contributed by atoms with van der Waals surface area (Å²) in [4.78, 5) is 21.5. The highest BCUT2D eigenvalue weighted by Crippen LogP contribution is 2.35. The van der Waals surface area contributed by atoms with Crippen LogP contribution in [0.25, 0.3) is 11.1 Å². The fourth-order valence-electron chi connectivity index (χ4n) is 4.98.